The Bertz CT molecular complexity index is 356. The molecular weight excluding hydrogens is 198 g/mol. The molecule has 1 unspecified atom stereocenters. The molecule has 1 fully saturated rings. The standard InChI is InChI=1S/C14H19NO/c1-3-14(15-8-10-16-11-9-15)13-7-5-4-6-12(13)2/h3-7,14H,1,8-11H2,2H3. The Labute approximate surface area is 97.5 Å². The van der Waals surface area contributed by atoms with E-state index in [1.165, 1.54) is 11.1 Å². The SMILES string of the molecule is C=CC(c1ccccc1C)N1CCOCC1. The fourth-order valence-electron chi connectivity index (χ4n) is 2.25. The van der Waals surface area contributed by atoms with Crippen LogP contribution in [-0.4, -0.2) is 31.2 Å². The normalized spacial score (nSPS) is 19.3. The third-order valence-electron chi connectivity index (χ3n) is 3.17. The van der Waals surface area contributed by atoms with E-state index in [0.29, 0.717) is 6.04 Å². The fraction of sp³-hybridized carbons (Fsp3) is 0.429. The lowest BCUT2D eigenvalue weighted by Crippen LogP contribution is -2.38. The molecule has 0 spiro atoms. The second kappa shape index (κ2) is 5.28. The summed E-state index contributed by atoms with van der Waals surface area (Å²) in [7, 11) is 0. The van der Waals surface area contributed by atoms with Crippen molar-refractivity contribution in [2.24, 2.45) is 0 Å². The fourth-order valence-corrected chi connectivity index (χ4v) is 2.25. The lowest BCUT2D eigenvalue weighted by Gasteiger charge is -2.33. The van der Waals surface area contributed by atoms with Crippen molar-refractivity contribution in [3.63, 3.8) is 0 Å². The highest BCUT2D eigenvalue weighted by Crippen LogP contribution is 2.25. The average Bonchev–Trinajstić information content (AvgIpc) is 2.34. The minimum Gasteiger partial charge on any atom is -0.379 e. The van der Waals surface area contributed by atoms with Crippen LogP contribution in [0.15, 0.2) is 36.9 Å². The Hall–Kier alpha value is -1.12. The number of rotatable bonds is 3. The van der Waals surface area contributed by atoms with Crippen LogP contribution in [0.2, 0.25) is 0 Å². The predicted molar refractivity (Wildman–Crippen MR) is 66.5 cm³/mol. The van der Waals surface area contributed by atoms with Gasteiger partial charge in [0.15, 0.2) is 0 Å². The van der Waals surface area contributed by atoms with Crippen LogP contribution >= 0.6 is 0 Å². The molecule has 0 radical (unpaired) electrons. The Kier molecular flexibility index (Phi) is 3.75. The van der Waals surface area contributed by atoms with Crippen molar-refractivity contribution in [2.45, 2.75) is 13.0 Å². The Morgan fingerprint density at radius 1 is 1.31 bits per heavy atom. The first kappa shape index (κ1) is 11.4. The van der Waals surface area contributed by atoms with E-state index < -0.39 is 0 Å². The van der Waals surface area contributed by atoms with Gasteiger partial charge in [0.25, 0.3) is 0 Å². The quantitative estimate of drug-likeness (QED) is 0.721. The van der Waals surface area contributed by atoms with Gasteiger partial charge in [-0.1, -0.05) is 30.3 Å². The topological polar surface area (TPSA) is 12.5 Å². The van der Waals surface area contributed by atoms with Gasteiger partial charge in [0.2, 0.25) is 0 Å². The molecule has 0 N–H and O–H groups in total. The molecule has 1 heterocycles. The van der Waals surface area contributed by atoms with Gasteiger partial charge < -0.3 is 4.74 Å². The van der Waals surface area contributed by atoms with Gasteiger partial charge >= 0.3 is 0 Å². The predicted octanol–water partition coefficient (Wildman–Crippen LogP) is 2.55. The van der Waals surface area contributed by atoms with Gasteiger partial charge in [0, 0.05) is 13.1 Å². The summed E-state index contributed by atoms with van der Waals surface area (Å²) >= 11 is 0. The van der Waals surface area contributed by atoms with E-state index >= 15 is 0 Å². The number of hydrogen-bond donors (Lipinski definition) is 0. The lowest BCUT2D eigenvalue weighted by atomic mass is 10.00. The lowest BCUT2D eigenvalue weighted by molar-refractivity contribution is 0.0253. The van der Waals surface area contributed by atoms with Gasteiger partial charge in [-0.2, -0.15) is 0 Å². The van der Waals surface area contributed by atoms with Gasteiger partial charge in [-0.05, 0) is 18.1 Å². The number of nitrogens with zero attached hydrogens (tertiary/aromatic N) is 1. The monoisotopic (exact) mass is 217 g/mol. The van der Waals surface area contributed by atoms with Crippen LogP contribution in [0.1, 0.15) is 17.2 Å². The van der Waals surface area contributed by atoms with E-state index in [1.54, 1.807) is 0 Å². The number of aryl methyl sites for hydroxylation is 1. The summed E-state index contributed by atoms with van der Waals surface area (Å²) in [5, 5.41) is 0. The van der Waals surface area contributed by atoms with Crippen molar-refractivity contribution < 1.29 is 4.74 Å². The first-order valence-electron chi connectivity index (χ1n) is 5.83. The summed E-state index contributed by atoms with van der Waals surface area (Å²) in [5.41, 5.74) is 2.69. The summed E-state index contributed by atoms with van der Waals surface area (Å²) in [6.07, 6.45) is 2.04. The van der Waals surface area contributed by atoms with Crippen LogP contribution in [-0.2, 0) is 4.74 Å². The maximum Gasteiger partial charge on any atom is 0.0594 e. The highest BCUT2D eigenvalue weighted by molar-refractivity contribution is 5.31. The summed E-state index contributed by atoms with van der Waals surface area (Å²) in [6.45, 7) is 9.77. The Balaban J connectivity index is 2.21. The largest absolute Gasteiger partial charge is 0.379 e. The zero-order chi connectivity index (χ0) is 11.4. The highest BCUT2D eigenvalue weighted by atomic mass is 16.5. The molecule has 1 aromatic carbocycles. The first-order valence-corrected chi connectivity index (χ1v) is 5.83. The van der Waals surface area contributed by atoms with E-state index in [0.717, 1.165) is 26.3 Å². The first-order chi connectivity index (χ1) is 7.83. The van der Waals surface area contributed by atoms with Gasteiger partial charge in [0.05, 0.1) is 19.3 Å². The van der Waals surface area contributed by atoms with Crippen LogP contribution in [0.5, 0.6) is 0 Å². The third-order valence-corrected chi connectivity index (χ3v) is 3.17. The van der Waals surface area contributed by atoms with Gasteiger partial charge in [-0.15, -0.1) is 6.58 Å². The molecule has 1 atom stereocenters. The summed E-state index contributed by atoms with van der Waals surface area (Å²) < 4.78 is 5.38. The molecule has 0 bridgehead atoms. The Morgan fingerprint density at radius 3 is 2.62 bits per heavy atom. The molecule has 1 saturated heterocycles. The molecule has 2 nitrogen and oxygen atoms in total. The smallest absolute Gasteiger partial charge is 0.0594 e. The van der Waals surface area contributed by atoms with Crippen molar-refractivity contribution in [1.82, 2.24) is 4.90 Å². The zero-order valence-corrected chi connectivity index (χ0v) is 9.86. The van der Waals surface area contributed by atoms with Gasteiger partial charge in [-0.3, -0.25) is 4.90 Å². The van der Waals surface area contributed by atoms with E-state index in [-0.39, 0.29) is 0 Å². The molecule has 16 heavy (non-hydrogen) atoms. The van der Waals surface area contributed by atoms with E-state index in [4.69, 9.17) is 4.74 Å². The van der Waals surface area contributed by atoms with E-state index in [2.05, 4.69) is 42.7 Å². The molecule has 2 rings (SSSR count). The highest BCUT2D eigenvalue weighted by Gasteiger charge is 2.20. The molecule has 0 saturated carbocycles. The molecule has 1 aromatic rings. The average molecular weight is 217 g/mol. The van der Waals surface area contributed by atoms with Crippen LogP contribution in [0.3, 0.4) is 0 Å². The number of ether oxygens (including phenoxy) is 1. The number of morpholine rings is 1. The minimum absolute atomic E-state index is 0.324. The molecule has 0 aromatic heterocycles. The van der Waals surface area contributed by atoms with Crippen LogP contribution < -0.4 is 0 Å². The summed E-state index contributed by atoms with van der Waals surface area (Å²) in [5.74, 6) is 0. The zero-order valence-electron chi connectivity index (χ0n) is 9.86. The maximum atomic E-state index is 5.38. The molecule has 2 heteroatoms. The van der Waals surface area contributed by atoms with Crippen LogP contribution in [0, 0.1) is 6.92 Å². The summed E-state index contributed by atoms with van der Waals surface area (Å²) in [6, 6.07) is 8.85. The van der Waals surface area contributed by atoms with Crippen molar-refractivity contribution in [1.29, 1.82) is 0 Å². The molecule has 1 aliphatic heterocycles. The maximum absolute atomic E-state index is 5.38. The summed E-state index contributed by atoms with van der Waals surface area (Å²) in [4.78, 5) is 2.43. The number of benzene rings is 1. The molecule has 0 amide bonds. The van der Waals surface area contributed by atoms with Gasteiger partial charge in [0.1, 0.15) is 0 Å². The molecule has 0 aliphatic carbocycles. The number of hydrogen-bond acceptors (Lipinski definition) is 2. The molecular formula is C14H19NO. The van der Waals surface area contributed by atoms with Crippen LogP contribution in [0.25, 0.3) is 0 Å². The minimum atomic E-state index is 0.324. The third kappa shape index (κ3) is 2.34. The van der Waals surface area contributed by atoms with Crippen molar-refractivity contribution in [3.8, 4) is 0 Å². The van der Waals surface area contributed by atoms with Crippen molar-refractivity contribution in [3.05, 3.63) is 48.0 Å². The second-order valence-corrected chi connectivity index (χ2v) is 4.19. The van der Waals surface area contributed by atoms with E-state index in [9.17, 15) is 0 Å². The molecule has 1 aliphatic rings. The van der Waals surface area contributed by atoms with Gasteiger partial charge in [-0.25, -0.2) is 0 Å². The molecule has 86 valence electrons. The van der Waals surface area contributed by atoms with Crippen molar-refractivity contribution in [2.75, 3.05) is 26.3 Å². The Morgan fingerprint density at radius 2 is 2.00 bits per heavy atom. The van der Waals surface area contributed by atoms with Crippen molar-refractivity contribution >= 4 is 0 Å². The second-order valence-electron chi connectivity index (χ2n) is 4.19. The van der Waals surface area contributed by atoms with Crippen LogP contribution in [0.4, 0.5) is 0 Å². The van der Waals surface area contributed by atoms with E-state index in [1.807, 2.05) is 6.08 Å².